The minimum absolute atomic E-state index is 0.131. The van der Waals surface area contributed by atoms with Crippen molar-refractivity contribution in [2.75, 3.05) is 0 Å². The molecule has 2 aromatic carbocycles. The molecular formula is C17H11Cl2NO2S. The van der Waals surface area contributed by atoms with Gasteiger partial charge >= 0.3 is 0 Å². The molecule has 0 spiro atoms. The molecule has 1 heterocycles. The lowest BCUT2D eigenvalue weighted by atomic mass is 10.1. The first-order chi connectivity index (χ1) is 11.0. The van der Waals surface area contributed by atoms with Crippen LogP contribution in [0.5, 0.6) is 0 Å². The number of rotatable bonds is 3. The van der Waals surface area contributed by atoms with Crippen molar-refractivity contribution in [3.05, 3.63) is 75.7 Å². The summed E-state index contributed by atoms with van der Waals surface area (Å²) in [6.45, 7) is 0. The molecule has 1 aromatic heterocycles. The fourth-order valence-corrected chi connectivity index (χ4v) is 3.73. The number of hydrogen-bond acceptors (Lipinski definition) is 3. The smallest absolute Gasteiger partial charge is 0.217 e. The Kier molecular flexibility index (Phi) is 4.39. The zero-order chi connectivity index (χ0) is 16.4. The summed E-state index contributed by atoms with van der Waals surface area (Å²) in [5, 5.41) is 1.05. The highest BCUT2D eigenvalue weighted by atomic mass is 35.5. The number of para-hydroxylation sites is 1. The molecule has 0 bridgehead atoms. The second-order valence-corrected chi connectivity index (χ2v) is 7.73. The number of pyridine rings is 1. The minimum Gasteiger partial charge on any atom is -0.235 e. The molecule has 0 saturated carbocycles. The van der Waals surface area contributed by atoms with E-state index in [1.807, 2.05) is 24.3 Å². The maximum absolute atomic E-state index is 12.4. The van der Waals surface area contributed by atoms with Crippen LogP contribution in [-0.2, 0) is 9.84 Å². The molecule has 0 atom stereocenters. The molecule has 0 N–H and O–H groups in total. The van der Waals surface area contributed by atoms with Crippen LogP contribution in [0.15, 0.2) is 69.9 Å². The second-order valence-electron chi connectivity index (χ2n) is 4.83. The molecule has 0 radical (unpaired) electrons. The van der Waals surface area contributed by atoms with Gasteiger partial charge in [0.25, 0.3) is 0 Å². The van der Waals surface area contributed by atoms with Crippen molar-refractivity contribution in [1.29, 1.82) is 0 Å². The number of benzene rings is 2. The highest BCUT2D eigenvalue weighted by molar-refractivity contribution is 7.97. The number of hydrogen-bond donors (Lipinski definition) is 0. The lowest BCUT2D eigenvalue weighted by Gasteiger charge is -2.05. The third-order valence-electron chi connectivity index (χ3n) is 3.28. The maximum atomic E-state index is 12.4. The Morgan fingerprint density at radius 1 is 1.00 bits per heavy atom. The molecule has 3 nitrogen and oxygen atoms in total. The SMILES string of the molecule is O=S(=O)(/C(Cl)=C/c1cc2ccccc2nc1Cl)c1ccccc1. The van der Waals surface area contributed by atoms with Crippen LogP contribution in [0.25, 0.3) is 17.0 Å². The second kappa shape index (κ2) is 6.32. The summed E-state index contributed by atoms with van der Waals surface area (Å²) >= 11 is 12.2. The number of sulfone groups is 1. The number of aromatic nitrogens is 1. The van der Waals surface area contributed by atoms with Gasteiger partial charge in [-0.1, -0.05) is 59.6 Å². The van der Waals surface area contributed by atoms with E-state index in [-0.39, 0.29) is 14.4 Å². The van der Waals surface area contributed by atoms with Crippen LogP contribution in [0.3, 0.4) is 0 Å². The van der Waals surface area contributed by atoms with Crippen molar-refractivity contribution in [3.63, 3.8) is 0 Å². The third-order valence-corrected chi connectivity index (χ3v) is 5.83. The molecule has 0 unspecified atom stereocenters. The molecule has 116 valence electrons. The Morgan fingerprint density at radius 3 is 2.39 bits per heavy atom. The van der Waals surface area contributed by atoms with Crippen molar-refractivity contribution in [3.8, 4) is 0 Å². The lowest BCUT2D eigenvalue weighted by Crippen LogP contribution is -2.00. The van der Waals surface area contributed by atoms with Crippen molar-refractivity contribution >= 4 is 50.0 Å². The molecule has 0 aliphatic carbocycles. The topological polar surface area (TPSA) is 47.0 Å². The van der Waals surface area contributed by atoms with Gasteiger partial charge in [0.1, 0.15) is 9.52 Å². The molecule has 3 rings (SSSR count). The van der Waals surface area contributed by atoms with E-state index in [4.69, 9.17) is 23.2 Å². The molecule has 0 aliphatic rings. The fourth-order valence-electron chi connectivity index (χ4n) is 2.12. The monoisotopic (exact) mass is 363 g/mol. The predicted molar refractivity (Wildman–Crippen MR) is 94.2 cm³/mol. The highest BCUT2D eigenvalue weighted by Gasteiger charge is 2.19. The Morgan fingerprint density at radius 2 is 1.65 bits per heavy atom. The van der Waals surface area contributed by atoms with Crippen molar-refractivity contribution < 1.29 is 8.42 Å². The van der Waals surface area contributed by atoms with Crippen LogP contribution in [0.2, 0.25) is 5.15 Å². The molecule has 0 saturated heterocycles. The Labute approximate surface area is 144 Å². The lowest BCUT2D eigenvalue weighted by molar-refractivity contribution is 0.604. The van der Waals surface area contributed by atoms with Crippen LogP contribution in [0.1, 0.15) is 5.56 Å². The van der Waals surface area contributed by atoms with E-state index in [0.717, 1.165) is 10.9 Å². The standard InChI is InChI=1S/C17H11Cl2NO2S/c18-16(23(21,22)14-7-2-1-3-8-14)11-13-10-12-6-4-5-9-15(12)20-17(13)19/h1-11H/b16-11+. The van der Waals surface area contributed by atoms with E-state index in [9.17, 15) is 8.42 Å². The van der Waals surface area contributed by atoms with Crippen LogP contribution < -0.4 is 0 Å². The summed E-state index contributed by atoms with van der Waals surface area (Å²) in [7, 11) is -3.77. The molecule has 0 aliphatic heterocycles. The van der Waals surface area contributed by atoms with E-state index in [1.165, 1.54) is 18.2 Å². The largest absolute Gasteiger partial charge is 0.235 e. The van der Waals surface area contributed by atoms with Crippen LogP contribution >= 0.6 is 23.2 Å². The van der Waals surface area contributed by atoms with E-state index in [0.29, 0.717) is 5.56 Å². The zero-order valence-corrected chi connectivity index (χ0v) is 14.1. The number of nitrogens with zero attached hydrogens (tertiary/aromatic N) is 1. The number of fused-ring (bicyclic) bond motifs is 1. The average molecular weight is 364 g/mol. The molecule has 0 amide bonds. The van der Waals surface area contributed by atoms with Gasteiger partial charge in [0, 0.05) is 10.9 Å². The first-order valence-electron chi connectivity index (χ1n) is 6.71. The molecule has 6 heteroatoms. The maximum Gasteiger partial charge on any atom is 0.217 e. The third kappa shape index (κ3) is 3.24. The van der Waals surface area contributed by atoms with E-state index in [1.54, 1.807) is 24.3 Å². The Balaban J connectivity index is 2.09. The summed E-state index contributed by atoms with van der Waals surface area (Å²) in [5.41, 5.74) is 1.19. The summed E-state index contributed by atoms with van der Waals surface area (Å²) in [6.07, 6.45) is 1.33. The summed E-state index contributed by atoms with van der Waals surface area (Å²) < 4.78 is 24.6. The Hall–Kier alpha value is -1.88. The minimum atomic E-state index is -3.77. The van der Waals surface area contributed by atoms with Crippen molar-refractivity contribution in [1.82, 2.24) is 4.98 Å². The first-order valence-corrected chi connectivity index (χ1v) is 8.95. The summed E-state index contributed by atoms with van der Waals surface area (Å²) in [5.74, 6) is 0. The highest BCUT2D eigenvalue weighted by Crippen LogP contribution is 2.28. The van der Waals surface area contributed by atoms with Gasteiger partial charge in [0.15, 0.2) is 0 Å². The van der Waals surface area contributed by atoms with Crippen LogP contribution in [-0.4, -0.2) is 13.4 Å². The van der Waals surface area contributed by atoms with Gasteiger partial charge in [0.05, 0.1) is 10.4 Å². The first kappa shape index (κ1) is 16.0. The normalized spacial score (nSPS) is 12.5. The fraction of sp³-hybridized carbons (Fsp3) is 0. The van der Waals surface area contributed by atoms with Crippen LogP contribution in [0, 0.1) is 0 Å². The molecule has 23 heavy (non-hydrogen) atoms. The van der Waals surface area contributed by atoms with Gasteiger partial charge in [0.2, 0.25) is 9.84 Å². The van der Waals surface area contributed by atoms with Gasteiger partial charge in [-0.3, -0.25) is 0 Å². The summed E-state index contributed by atoms with van der Waals surface area (Å²) in [4.78, 5) is 4.38. The van der Waals surface area contributed by atoms with Gasteiger partial charge in [-0.15, -0.1) is 0 Å². The van der Waals surface area contributed by atoms with E-state index < -0.39 is 9.84 Å². The van der Waals surface area contributed by atoms with Crippen molar-refractivity contribution in [2.45, 2.75) is 4.90 Å². The summed E-state index contributed by atoms with van der Waals surface area (Å²) in [6, 6.07) is 17.2. The number of halogens is 2. The van der Waals surface area contributed by atoms with E-state index in [2.05, 4.69) is 4.98 Å². The predicted octanol–water partition coefficient (Wildman–Crippen LogP) is 4.90. The van der Waals surface area contributed by atoms with Crippen LogP contribution in [0.4, 0.5) is 0 Å². The molecular weight excluding hydrogens is 353 g/mol. The van der Waals surface area contributed by atoms with Gasteiger partial charge in [-0.25, -0.2) is 13.4 Å². The average Bonchev–Trinajstić information content (AvgIpc) is 2.56. The quantitative estimate of drug-likeness (QED) is 0.621. The molecule has 0 fully saturated rings. The zero-order valence-electron chi connectivity index (χ0n) is 11.8. The van der Waals surface area contributed by atoms with Gasteiger partial charge in [-0.05, 0) is 30.3 Å². The van der Waals surface area contributed by atoms with Crippen molar-refractivity contribution in [2.24, 2.45) is 0 Å². The van der Waals surface area contributed by atoms with E-state index >= 15 is 0 Å². The Bertz CT molecular complexity index is 1000. The van der Waals surface area contributed by atoms with Gasteiger partial charge < -0.3 is 0 Å². The molecule has 3 aromatic rings. The van der Waals surface area contributed by atoms with Gasteiger partial charge in [-0.2, -0.15) is 0 Å².